The average molecular weight is 321 g/mol. The largest absolute Gasteiger partial charge is 0.490 e. The first-order valence-corrected chi connectivity index (χ1v) is 8.00. The standard InChI is InChI=1S/C17H27N3O3/c1-5-20(6-2)11-12-23-16-10-8-7-9-15(16)19-17(22)13(3)18-14(4)21/h7-10,13H,5-6,11-12H2,1-4H3,(H,18,21)(H,19,22). The Morgan fingerprint density at radius 3 is 2.48 bits per heavy atom. The van der Waals surface area contributed by atoms with E-state index in [1.165, 1.54) is 6.92 Å². The van der Waals surface area contributed by atoms with Gasteiger partial charge in [0.25, 0.3) is 0 Å². The van der Waals surface area contributed by atoms with E-state index in [1.807, 2.05) is 18.2 Å². The summed E-state index contributed by atoms with van der Waals surface area (Å²) in [6.07, 6.45) is 0. The maximum Gasteiger partial charge on any atom is 0.246 e. The van der Waals surface area contributed by atoms with Crippen LogP contribution in [0.15, 0.2) is 24.3 Å². The predicted octanol–water partition coefficient (Wildman–Crippen LogP) is 1.87. The summed E-state index contributed by atoms with van der Waals surface area (Å²) in [7, 11) is 0. The Bertz CT molecular complexity index is 516. The van der Waals surface area contributed by atoms with Gasteiger partial charge < -0.3 is 20.3 Å². The molecule has 0 aliphatic carbocycles. The van der Waals surface area contributed by atoms with Crippen LogP contribution in [0, 0.1) is 0 Å². The second-order valence-electron chi connectivity index (χ2n) is 5.28. The van der Waals surface area contributed by atoms with Crippen LogP contribution in [-0.2, 0) is 9.59 Å². The smallest absolute Gasteiger partial charge is 0.246 e. The van der Waals surface area contributed by atoms with Crippen LogP contribution in [0.5, 0.6) is 5.75 Å². The number of hydrogen-bond donors (Lipinski definition) is 2. The predicted molar refractivity (Wildman–Crippen MR) is 91.6 cm³/mol. The Balaban J connectivity index is 2.63. The van der Waals surface area contributed by atoms with Gasteiger partial charge in [-0.2, -0.15) is 0 Å². The van der Waals surface area contributed by atoms with Crippen LogP contribution in [0.1, 0.15) is 27.7 Å². The minimum atomic E-state index is -0.601. The van der Waals surface area contributed by atoms with Gasteiger partial charge in [0.15, 0.2) is 0 Å². The monoisotopic (exact) mass is 321 g/mol. The number of nitrogens with one attached hydrogen (secondary N) is 2. The van der Waals surface area contributed by atoms with Gasteiger partial charge in [-0.1, -0.05) is 26.0 Å². The molecular weight excluding hydrogens is 294 g/mol. The van der Waals surface area contributed by atoms with E-state index in [2.05, 4.69) is 29.4 Å². The summed E-state index contributed by atoms with van der Waals surface area (Å²) < 4.78 is 5.79. The number of rotatable bonds is 9. The molecule has 1 rings (SSSR count). The summed E-state index contributed by atoms with van der Waals surface area (Å²) in [5.74, 6) is 0.111. The number of benzene rings is 1. The van der Waals surface area contributed by atoms with Gasteiger partial charge in [-0.15, -0.1) is 0 Å². The molecule has 0 radical (unpaired) electrons. The Morgan fingerprint density at radius 2 is 1.87 bits per heavy atom. The first kappa shape index (κ1) is 19.0. The van der Waals surface area contributed by atoms with E-state index in [-0.39, 0.29) is 11.8 Å². The molecule has 0 heterocycles. The van der Waals surface area contributed by atoms with Crippen LogP contribution in [0.25, 0.3) is 0 Å². The number of carbonyl (C=O) groups excluding carboxylic acids is 2. The molecule has 2 amide bonds. The summed E-state index contributed by atoms with van der Waals surface area (Å²) in [6, 6.07) is 6.69. The zero-order valence-corrected chi connectivity index (χ0v) is 14.4. The molecule has 0 bridgehead atoms. The molecule has 128 valence electrons. The Hall–Kier alpha value is -2.08. The quantitative estimate of drug-likeness (QED) is 0.728. The second kappa shape index (κ2) is 9.84. The van der Waals surface area contributed by atoms with Gasteiger partial charge in [0.1, 0.15) is 18.4 Å². The highest BCUT2D eigenvalue weighted by atomic mass is 16.5. The molecule has 2 N–H and O–H groups in total. The van der Waals surface area contributed by atoms with E-state index in [0.29, 0.717) is 18.0 Å². The summed E-state index contributed by atoms with van der Waals surface area (Å²) in [6.45, 7) is 10.6. The fourth-order valence-corrected chi connectivity index (χ4v) is 2.13. The number of anilines is 1. The highest BCUT2D eigenvalue weighted by Gasteiger charge is 2.15. The normalized spacial score (nSPS) is 11.9. The lowest BCUT2D eigenvalue weighted by atomic mass is 10.2. The maximum absolute atomic E-state index is 12.1. The van der Waals surface area contributed by atoms with E-state index in [0.717, 1.165) is 19.6 Å². The van der Waals surface area contributed by atoms with Crippen molar-refractivity contribution in [1.29, 1.82) is 0 Å². The van der Waals surface area contributed by atoms with E-state index >= 15 is 0 Å². The summed E-state index contributed by atoms with van der Waals surface area (Å²) in [4.78, 5) is 25.4. The minimum absolute atomic E-state index is 0.239. The molecule has 0 aliphatic heterocycles. The minimum Gasteiger partial charge on any atom is -0.490 e. The van der Waals surface area contributed by atoms with Gasteiger partial charge in [-0.25, -0.2) is 0 Å². The van der Waals surface area contributed by atoms with Crippen molar-refractivity contribution in [1.82, 2.24) is 10.2 Å². The van der Waals surface area contributed by atoms with Crippen molar-refractivity contribution < 1.29 is 14.3 Å². The Morgan fingerprint density at radius 1 is 1.22 bits per heavy atom. The Kier molecular flexibility index (Phi) is 8.11. The molecule has 1 atom stereocenters. The van der Waals surface area contributed by atoms with E-state index in [1.54, 1.807) is 13.0 Å². The third kappa shape index (κ3) is 6.69. The molecule has 0 aliphatic rings. The molecule has 23 heavy (non-hydrogen) atoms. The highest BCUT2D eigenvalue weighted by molar-refractivity contribution is 5.97. The molecule has 0 saturated carbocycles. The molecule has 6 nitrogen and oxygen atoms in total. The third-order valence-electron chi connectivity index (χ3n) is 3.52. The fraction of sp³-hybridized carbons (Fsp3) is 0.529. The van der Waals surface area contributed by atoms with Crippen LogP contribution in [0.3, 0.4) is 0 Å². The van der Waals surface area contributed by atoms with Gasteiger partial charge in [0, 0.05) is 13.5 Å². The SMILES string of the molecule is CCN(CC)CCOc1ccccc1NC(=O)C(C)NC(C)=O. The van der Waals surface area contributed by atoms with E-state index in [4.69, 9.17) is 4.74 Å². The molecule has 0 aromatic heterocycles. The van der Waals surface area contributed by atoms with Crippen molar-refractivity contribution >= 4 is 17.5 Å². The van der Waals surface area contributed by atoms with Crippen molar-refractivity contribution in [3.8, 4) is 5.75 Å². The fourth-order valence-electron chi connectivity index (χ4n) is 2.13. The van der Waals surface area contributed by atoms with Crippen LogP contribution < -0.4 is 15.4 Å². The zero-order chi connectivity index (χ0) is 17.2. The first-order chi connectivity index (χ1) is 11.0. The van der Waals surface area contributed by atoms with Gasteiger partial charge >= 0.3 is 0 Å². The highest BCUT2D eigenvalue weighted by Crippen LogP contribution is 2.23. The number of nitrogens with zero attached hydrogens (tertiary/aromatic N) is 1. The maximum atomic E-state index is 12.1. The number of carbonyl (C=O) groups is 2. The summed E-state index contributed by atoms with van der Waals surface area (Å²) in [5, 5.41) is 5.35. The van der Waals surface area contributed by atoms with Crippen molar-refractivity contribution in [3.63, 3.8) is 0 Å². The lowest BCUT2D eigenvalue weighted by molar-refractivity contribution is -0.124. The third-order valence-corrected chi connectivity index (χ3v) is 3.52. The lowest BCUT2D eigenvalue weighted by Crippen LogP contribution is -2.40. The lowest BCUT2D eigenvalue weighted by Gasteiger charge is -2.19. The summed E-state index contributed by atoms with van der Waals surface area (Å²) >= 11 is 0. The molecule has 1 aromatic carbocycles. The topological polar surface area (TPSA) is 70.7 Å². The van der Waals surface area contributed by atoms with E-state index in [9.17, 15) is 9.59 Å². The molecule has 1 aromatic rings. The van der Waals surface area contributed by atoms with Crippen molar-refractivity contribution in [2.45, 2.75) is 33.7 Å². The van der Waals surface area contributed by atoms with Crippen LogP contribution in [-0.4, -0.2) is 49.0 Å². The van der Waals surface area contributed by atoms with Crippen LogP contribution in [0.2, 0.25) is 0 Å². The first-order valence-electron chi connectivity index (χ1n) is 8.00. The van der Waals surface area contributed by atoms with Crippen molar-refractivity contribution in [2.75, 3.05) is 31.6 Å². The van der Waals surface area contributed by atoms with Gasteiger partial charge in [0.05, 0.1) is 5.69 Å². The molecular formula is C17H27N3O3. The van der Waals surface area contributed by atoms with Gasteiger partial charge in [0.2, 0.25) is 11.8 Å². The molecule has 0 spiro atoms. The average Bonchev–Trinajstić information content (AvgIpc) is 2.52. The van der Waals surface area contributed by atoms with Gasteiger partial charge in [-0.05, 0) is 32.1 Å². The van der Waals surface area contributed by atoms with Gasteiger partial charge in [-0.3, -0.25) is 9.59 Å². The number of likely N-dealkylation sites (N-methyl/N-ethyl adjacent to an activating group) is 1. The van der Waals surface area contributed by atoms with Crippen molar-refractivity contribution in [2.24, 2.45) is 0 Å². The number of ether oxygens (including phenoxy) is 1. The second-order valence-corrected chi connectivity index (χ2v) is 5.28. The summed E-state index contributed by atoms with van der Waals surface area (Å²) in [5.41, 5.74) is 0.606. The molecule has 0 fully saturated rings. The molecule has 6 heteroatoms. The van der Waals surface area contributed by atoms with Crippen molar-refractivity contribution in [3.05, 3.63) is 24.3 Å². The molecule has 0 saturated heterocycles. The Labute approximate surface area is 138 Å². The zero-order valence-electron chi connectivity index (χ0n) is 14.4. The van der Waals surface area contributed by atoms with Crippen LogP contribution >= 0.6 is 0 Å². The number of hydrogen-bond acceptors (Lipinski definition) is 4. The number of amides is 2. The van der Waals surface area contributed by atoms with E-state index < -0.39 is 6.04 Å². The molecule has 1 unspecified atom stereocenters. The number of para-hydroxylation sites is 2. The van der Waals surface area contributed by atoms with Crippen LogP contribution in [0.4, 0.5) is 5.69 Å².